The van der Waals surface area contributed by atoms with Crippen LogP contribution in [0.15, 0.2) is 29.6 Å². The van der Waals surface area contributed by atoms with Crippen LogP contribution in [0.1, 0.15) is 36.3 Å². The number of hydrogen-bond acceptors (Lipinski definition) is 5. The summed E-state index contributed by atoms with van der Waals surface area (Å²) in [5, 5.41) is 8.28. The van der Waals surface area contributed by atoms with Gasteiger partial charge in [-0.05, 0) is 25.8 Å². The predicted molar refractivity (Wildman–Crippen MR) is 78.4 cm³/mol. The summed E-state index contributed by atoms with van der Waals surface area (Å²) in [5.74, 6) is -0.146. The highest BCUT2D eigenvalue weighted by Gasteiger charge is 2.26. The Morgan fingerprint density at radius 1 is 1.41 bits per heavy atom. The third kappa shape index (κ3) is 2.76. The van der Waals surface area contributed by atoms with E-state index in [1.807, 2.05) is 6.92 Å². The van der Waals surface area contributed by atoms with Crippen molar-refractivity contribution >= 4 is 5.91 Å². The van der Waals surface area contributed by atoms with Crippen LogP contribution >= 0.6 is 0 Å². The Morgan fingerprint density at radius 3 is 3.00 bits per heavy atom. The molecule has 0 radical (unpaired) electrons. The van der Waals surface area contributed by atoms with E-state index in [1.165, 1.54) is 23.1 Å². The third-order valence-electron chi connectivity index (χ3n) is 3.88. The van der Waals surface area contributed by atoms with E-state index in [0.29, 0.717) is 25.3 Å². The van der Waals surface area contributed by atoms with E-state index < -0.39 is 0 Å². The lowest BCUT2D eigenvalue weighted by molar-refractivity contribution is 0.0664. The standard InChI is InChI=1S/C14H18N6O2/c1-2-19-13(21)6-5-12(17-19)14(22)18-7-3-4-11(8-18)20-10-15-9-16-20/h5-6,9-11H,2-4,7-8H2,1H3. The van der Waals surface area contributed by atoms with Gasteiger partial charge in [-0.3, -0.25) is 9.59 Å². The summed E-state index contributed by atoms with van der Waals surface area (Å²) in [6, 6.07) is 3.02. The lowest BCUT2D eigenvalue weighted by Crippen LogP contribution is -2.41. The van der Waals surface area contributed by atoms with Crippen LogP contribution in [0.5, 0.6) is 0 Å². The molecule has 0 N–H and O–H groups in total. The Labute approximate surface area is 127 Å². The molecule has 0 aromatic carbocycles. The van der Waals surface area contributed by atoms with Crippen LogP contribution in [0, 0.1) is 0 Å². The number of aryl methyl sites for hydroxylation is 1. The number of carbonyl (C=O) groups excluding carboxylic acids is 1. The molecule has 1 amide bonds. The molecule has 1 aliphatic heterocycles. The summed E-state index contributed by atoms with van der Waals surface area (Å²) in [4.78, 5) is 29.9. The molecule has 1 fully saturated rings. The monoisotopic (exact) mass is 302 g/mol. The minimum absolute atomic E-state index is 0.136. The van der Waals surface area contributed by atoms with Crippen molar-refractivity contribution in [3.8, 4) is 0 Å². The van der Waals surface area contributed by atoms with Gasteiger partial charge in [-0.1, -0.05) is 0 Å². The summed E-state index contributed by atoms with van der Waals surface area (Å²) >= 11 is 0. The van der Waals surface area contributed by atoms with E-state index in [4.69, 9.17) is 0 Å². The van der Waals surface area contributed by atoms with Crippen LogP contribution in [0.2, 0.25) is 0 Å². The molecule has 1 unspecified atom stereocenters. The Balaban J connectivity index is 1.78. The summed E-state index contributed by atoms with van der Waals surface area (Å²) in [6.45, 7) is 3.54. The Hall–Kier alpha value is -2.51. The first-order valence-electron chi connectivity index (χ1n) is 7.40. The van der Waals surface area contributed by atoms with Crippen molar-refractivity contribution in [1.29, 1.82) is 0 Å². The third-order valence-corrected chi connectivity index (χ3v) is 3.88. The number of likely N-dealkylation sites (tertiary alicyclic amines) is 1. The van der Waals surface area contributed by atoms with Crippen LogP contribution in [0.4, 0.5) is 0 Å². The van der Waals surface area contributed by atoms with E-state index in [0.717, 1.165) is 12.8 Å². The maximum Gasteiger partial charge on any atom is 0.274 e. The normalized spacial score (nSPS) is 18.4. The van der Waals surface area contributed by atoms with E-state index in [1.54, 1.807) is 15.9 Å². The zero-order valence-electron chi connectivity index (χ0n) is 12.4. The minimum Gasteiger partial charge on any atom is -0.335 e. The fourth-order valence-electron chi connectivity index (χ4n) is 2.71. The van der Waals surface area contributed by atoms with Gasteiger partial charge in [0.15, 0.2) is 0 Å². The molecular formula is C14H18N6O2. The van der Waals surface area contributed by atoms with Crippen molar-refractivity contribution in [2.45, 2.75) is 32.4 Å². The van der Waals surface area contributed by atoms with E-state index in [9.17, 15) is 9.59 Å². The van der Waals surface area contributed by atoms with Gasteiger partial charge in [0.1, 0.15) is 18.3 Å². The highest BCUT2D eigenvalue weighted by Crippen LogP contribution is 2.21. The van der Waals surface area contributed by atoms with Gasteiger partial charge < -0.3 is 4.90 Å². The number of amides is 1. The van der Waals surface area contributed by atoms with Gasteiger partial charge in [0.25, 0.3) is 11.5 Å². The summed E-state index contributed by atoms with van der Waals surface area (Å²) in [5.41, 5.74) is 0.110. The van der Waals surface area contributed by atoms with Crippen LogP contribution in [0.3, 0.4) is 0 Å². The van der Waals surface area contributed by atoms with Crippen molar-refractivity contribution in [2.75, 3.05) is 13.1 Å². The highest BCUT2D eigenvalue weighted by atomic mass is 16.2. The van der Waals surface area contributed by atoms with Gasteiger partial charge in [-0.15, -0.1) is 0 Å². The van der Waals surface area contributed by atoms with Crippen LogP contribution in [-0.4, -0.2) is 48.4 Å². The van der Waals surface area contributed by atoms with Crippen molar-refractivity contribution in [3.05, 3.63) is 40.8 Å². The molecular weight excluding hydrogens is 284 g/mol. The van der Waals surface area contributed by atoms with E-state index in [-0.39, 0.29) is 17.5 Å². The molecule has 0 spiro atoms. The second-order valence-corrected chi connectivity index (χ2v) is 5.30. The highest BCUT2D eigenvalue weighted by molar-refractivity contribution is 5.92. The molecule has 1 saturated heterocycles. The van der Waals surface area contributed by atoms with Gasteiger partial charge in [0.2, 0.25) is 0 Å². The quantitative estimate of drug-likeness (QED) is 0.815. The Kier molecular flexibility index (Phi) is 3.99. The van der Waals surface area contributed by atoms with Crippen LogP contribution < -0.4 is 5.56 Å². The van der Waals surface area contributed by atoms with Gasteiger partial charge in [-0.25, -0.2) is 14.3 Å². The van der Waals surface area contributed by atoms with Crippen LogP contribution in [-0.2, 0) is 6.54 Å². The van der Waals surface area contributed by atoms with Crippen molar-refractivity contribution in [2.24, 2.45) is 0 Å². The molecule has 22 heavy (non-hydrogen) atoms. The zero-order valence-corrected chi connectivity index (χ0v) is 12.4. The molecule has 3 rings (SSSR count). The molecule has 0 bridgehead atoms. The van der Waals surface area contributed by atoms with Gasteiger partial charge in [0.05, 0.1) is 6.04 Å². The summed E-state index contributed by atoms with van der Waals surface area (Å²) in [6.07, 6.45) is 5.05. The molecule has 2 aromatic rings. The molecule has 116 valence electrons. The SMILES string of the molecule is CCn1nc(C(=O)N2CCCC(n3cncn3)C2)ccc1=O. The number of hydrogen-bond donors (Lipinski definition) is 0. The first-order valence-corrected chi connectivity index (χ1v) is 7.40. The molecule has 1 aliphatic rings. The molecule has 2 aromatic heterocycles. The number of piperidine rings is 1. The smallest absolute Gasteiger partial charge is 0.274 e. The number of carbonyl (C=O) groups is 1. The van der Waals surface area contributed by atoms with Crippen molar-refractivity contribution in [3.63, 3.8) is 0 Å². The maximum atomic E-state index is 12.6. The van der Waals surface area contributed by atoms with Gasteiger partial charge >= 0.3 is 0 Å². The second kappa shape index (κ2) is 6.08. The number of nitrogens with zero attached hydrogens (tertiary/aromatic N) is 6. The van der Waals surface area contributed by atoms with Crippen LogP contribution in [0.25, 0.3) is 0 Å². The van der Waals surface area contributed by atoms with Crippen molar-refractivity contribution < 1.29 is 4.79 Å². The van der Waals surface area contributed by atoms with Crippen molar-refractivity contribution in [1.82, 2.24) is 29.4 Å². The molecule has 8 heteroatoms. The fraction of sp³-hybridized carbons (Fsp3) is 0.500. The average Bonchev–Trinajstić information content (AvgIpc) is 3.09. The Bertz CT molecular complexity index is 708. The molecule has 0 aliphatic carbocycles. The van der Waals surface area contributed by atoms with E-state index >= 15 is 0 Å². The Morgan fingerprint density at radius 2 is 2.27 bits per heavy atom. The molecule has 3 heterocycles. The lowest BCUT2D eigenvalue weighted by Gasteiger charge is -2.32. The summed E-state index contributed by atoms with van der Waals surface area (Å²) in [7, 11) is 0. The lowest BCUT2D eigenvalue weighted by atomic mass is 10.1. The predicted octanol–water partition coefficient (Wildman–Crippen LogP) is 0.332. The average molecular weight is 302 g/mol. The fourth-order valence-corrected chi connectivity index (χ4v) is 2.71. The summed E-state index contributed by atoms with van der Waals surface area (Å²) < 4.78 is 3.09. The zero-order chi connectivity index (χ0) is 15.5. The second-order valence-electron chi connectivity index (χ2n) is 5.30. The first-order chi connectivity index (χ1) is 10.7. The number of rotatable bonds is 3. The maximum absolute atomic E-state index is 12.6. The van der Waals surface area contributed by atoms with Gasteiger partial charge in [-0.2, -0.15) is 10.2 Å². The molecule has 8 nitrogen and oxygen atoms in total. The molecule has 0 saturated carbocycles. The topological polar surface area (TPSA) is 85.9 Å². The number of aromatic nitrogens is 5. The first kappa shape index (κ1) is 14.4. The van der Waals surface area contributed by atoms with Gasteiger partial charge in [0, 0.05) is 25.7 Å². The molecule has 1 atom stereocenters. The largest absolute Gasteiger partial charge is 0.335 e. The minimum atomic E-state index is -0.196. The van der Waals surface area contributed by atoms with E-state index in [2.05, 4.69) is 15.2 Å².